The molecule has 2 aliphatic rings. The number of carbonyl (C=O) groups excluding carboxylic acids is 2. The van der Waals surface area contributed by atoms with Gasteiger partial charge in [-0.25, -0.2) is 0 Å². The van der Waals surface area contributed by atoms with Crippen LogP contribution in [0.5, 0.6) is 11.5 Å². The number of amides is 2. The molecule has 2 saturated heterocycles. The fraction of sp³-hybridized carbons (Fsp3) is 0.556. The van der Waals surface area contributed by atoms with Crippen LogP contribution in [0, 0.1) is 5.41 Å². The van der Waals surface area contributed by atoms with Gasteiger partial charge in [0.2, 0.25) is 5.91 Å². The second-order valence-corrected chi connectivity index (χ2v) is 6.64. The normalized spacial score (nSPS) is 23.7. The van der Waals surface area contributed by atoms with E-state index < -0.39 is 0 Å². The zero-order valence-electron chi connectivity index (χ0n) is 14.3. The van der Waals surface area contributed by atoms with E-state index in [-0.39, 0.29) is 23.8 Å². The van der Waals surface area contributed by atoms with E-state index in [0.717, 1.165) is 25.8 Å². The van der Waals surface area contributed by atoms with Gasteiger partial charge in [-0.3, -0.25) is 9.59 Å². The van der Waals surface area contributed by atoms with Crippen molar-refractivity contribution in [2.75, 3.05) is 40.4 Å². The van der Waals surface area contributed by atoms with E-state index in [1.807, 2.05) is 19.2 Å². The molecule has 6 nitrogen and oxygen atoms in total. The Bertz CT molecular complexity index is 633. The topological polar surface area (TPSA) is 59.1 Å². The van der Waals surface area contributed by atoms with E-state index in [1.165, 1.54) is 0 Å². The van der Waals surface area contributed by atoms with Gasteiger partial charge in [-0.2, -0.15) is 0 Å². The van der Waals surface area contributed by atoms with Gasteiger partial charge in [-0.05, 0) is 31.4 Å². The molecular formula is C18H24N2O4. The molecule has 0 N–H and O–H groups in total. The molecule has 0 aromatic heterocycles. The second-order valence-electron chi connectivity index (χ2n) is 6.64. The summed E-state index contributed by atoms with van der Waals surface area (Å²) in [5.41, 5.74) is -0.376. The van der Waals surface area contributed by atoms with Crippen LogP contribution in [0.15, 0.2) is 24.3 Å². The maximum Gasteiger partial charge on any atom is 0.260 e. The lowest BCUT2D eigenvalue weighted by Gasteiger charge is -2.37. The third kappa shape index (κ3) is 3.18. The molecule has 24 heavy (non-hydrogen) atoms. The van der Waals surface area contributed by atoms with E-state index in [4.69, 9.17) is 9.47 Å². The summed E-state index contributed by atoms with van der Waals surface area (Å²) in [6.07, 6.45) is 2.63. The first kappa shape index (κ1) is 16.6. The molecule has 1 atom stereocenters. The zero-order valence-corrected chi connectivity index (χ0v) is 14.3. The molecule has 0 aliphatic carbocycles. The average Bonchev–Trinajstić information content (AvgIpc) is 3.03. The highest BCUT2D eigenvalue weighted by molar-refractivity contribution is 5.86. The fourth-order valence-electron chi connectivity index (χ4n) is 3.66. The van der Waals surface area contributed by atoms with E-state index in [0.29, 0.717) is 24.6 Å². The standard InChI is InChI=1S/C18H24N2O4/c1-19-9-4-7-18(17(19)22)8-10-20(13-18)16(21)12-24-15-6-3-5-14(11-15)23-2/h3,5-6,11H,4,7-10,12-13H2,1-2H3/t18-/m1/s1. The van der Waals surface area contributed by atoms with Crippen LogP contribution < -0.4 is 9.47 Å². The zero-order chi connectivity index (χ0) is 17.2. The molecule has 0 saturated carbocycles. The Morgan fingerprint density at radius 2 is 2.04 bits per heavy atom. The molecule has 1 aromatic carbocycles. The molecule has 0 bridgehead atoms. The van der Waals surface area contributed by atoms with Gasteiger partial charge in [0.1, 0.15) is 11.5 Å². The minimum atomic E-state index is -0.376. The quantitative estimate of drug-likeness (QED) is 0.839. The Morgan fingerprint density at radius 1 is 1.25 bits per heavy atom. The van der Waals surface area contributed by atoms with Crippen LogP contribution in [0.4, 0.5) is 0 Å². The van der Waals surface area contributed by atoms with Crippen LogP contribution >= 0.6 is 0 Å². The Labute approximate surface area is 142 Å². The van der Waals surface area contributed by atoms with E-state index >= 15 is 0 Å². The van der Waals surface area contributed by atoms with Crippen molar-refractivity contribution in [3.05, 3.63) is 24.3 Å². The summed E-state index contributed by atoms with van der Waals surface area (Å²) in [5, 5.41) is 0. The van der Waals surface area contributed by atoms with Crippen molar-refractivity contribution < 1.29 is 19.1 Å². The summed E-state index contributed by atoms with van der Waals surface area (Å²) in [7, 11) is 3.44. The summed E-state index contributed by atoms with van der Waals surface area (Å²) in [6, 6.07) is 7.18. The average molecular weight is 332 g/mol. The van der Waals surface area contributed by atoms with E-state index in [1.54, 1.807) is 29.0 Å². The third-order valence-corrected chi connectivity index (χ3v) is 5.06. The maximum absolute atomic E-state index is 12.5. The summed E-state index contributed by atoms with van der Waals surface area (Å²) in [5.74, 6) is 1.40. The van der Waals surface area contributed by atoms with Crippen molar-refractivity contribution in [3.63, 3.8) is 0 Å². The van der Waals surface area contributed by atoms with E-state index in [9.17, 15) is 9.59 Å². The number of rotatable bonds is 4. The van der Waals surface area contributed by atoms with Crippen LogP contribution in [-0.2, 0) is 9.59 Å². The predicted octanol–water partition coefficient (Wildman–Crippen LogP) is 1.54. The van der Waals surface area contributed by atoms with Gasteiger partial charge < -0.3 is 19.3 Å². The highest BCUT2D eigenvalue weighted by Gasteiger charge is 2.48. The number of hydrogen-bond donors (Lipinski definition) is 0. The van der Waals surface area contributed by atoms with Crippen molar-refractivity contribution in [1.29, 1.82) is 0 Å². The lowest BCUT2D eigenvalue weighted by molar-refractivity contribution is -0.144. The monoisotopic (exact) mass is 332 g/mol. The smallest absolute Gasteiger partial charge is 0.260 e. The molecule has 1 spiro atoms. The number of piperidine rings is 1. The van der Waals surface area contributed by atoms with Crippen molar-refractivity contribution in [1.82, 2.24) is 9.80 Å². The van der Waals surface area contributed by atoms with Crippen LogP contribution in [0.1, 0.15) is 19.3 Å². The molecule has 130 valence electrons. The van der Waals surface area contributed by atoms with Crippen LogP contribution in [0.2, 0.25) is 0 Å². The number of carbonyl (C=O) groups is 2. The number of benzene rings is 1. The van der Waals surface area contributed by atoms with Crippen molar-refractivity contribution in [2.24, 2.45) is 5.41 Å². The lowest BCUT2D eigenvalue weighted by atomic mass is 9.78. The molecule has 2 aliphatic heterocycles. The van der Waals surface area contributed by atoms with Gasteiger partial charge in [0, 0.05) is 32.7 Å². The SMILES string of the molecule is COc1cccc(OCC(=O)N2CC[C@]3(CCCN(C)C3=O)C2)c1. The minimum absolute atomic E-state index is 0.0206. The fourth-order valence-corrected chi connectivity index (χ4v) is 3.66. The summed E-state index contributed by atoms with van der Waals surface area (Å²) >= 11 is 0. The number of likely N-dealkylation sites (tertiary alicyclic amines) is 2. The Morgan fingerprint density at radius 3 is 2.83 bits per heavy atom. The highest BCUT2D eigenvalue weighted by Crippen LogP contribution is 2.39. The van der Waals surface area contributed by atoms with Crippen molar-refractivity contribution in [3.8, 4) is 11.5 Å². The summed E-state index contributed by atoms with van der Waals surface area (Å²) in [6.45, 7) is 1.93. The number of methoxy groups -OCH3 is 1. The molecule has 2 heterocycles. The van der Waals surface area contributed by atoms with Gasteiger partial charge in [0.15, 0.2) is 6.61 Å². The maximum atomic E-state index is 12.5. The lowest BCUT2D eigenvalue weighted by Crippen LogP contribution is -2.48. The Kier molecular flexibility index (Phi) is 4.64. The summed E-state index contributed by atoms with van der Waals surface area (Å²) < 4.78 is 10.7. The molecule has 2 amide bonds. The molecule has 3 rings (SSSR count). The second kappa shape index (κ2) is 6.71. The highest BCUT2D eigenvalue weighted by atomic mass is 16.5. The molecule has 0 unspecified atom stereocenters. The number of nitrogens with zero attached hydrogens (tertiary/aromatic N) is 2. The Balaban J connectivity index is 1.57. The van der Waals surface area contributed by atoms with Gasteiger partial charge in [-0.1, -0.05) is 6.07 Å². The van der Waals surface area contributed by atoms with Crippen LogP contribution in [-0.4, -0.2) is 62.0 Å². The van der Waals surface area contributed by atoms with E-state index in [2.05, 4.69) is 0 Å². The van der Waals surface area contributed by atoms with Crippen LogP contribution in [0.3, 0.4) is 0 Å². The van der Waals surface area contributed by atoms with Gasteiger partial charge in [0.05, 0.1) is 12.5 Å². The molecule has 0 radical (unpaired) electrons. The van der Waals surface area contributed by atoms with Crippen molar-refractivity contribution in [2.45, 2.75) is 19.3 Å². The Hall–Kier alpha value is -2.24. The minimum Gasteiger partial charge on any atom is -0.497 e. The largest absolute Gasteiger partial charge is 0.497 e. The first-order valence-corrected chi connectivity index (χ1v) is 8.34. The van der Waals surface area contributed by atoms with Crippen molar-refractivity contribution >= 4 is 11.8 Å². The predicted molar refractivity (Wildman–Crippen MR) is 89.0 cm³/mol. The van der Waals surface area contributed by atoms with Gasteiger partial charge in [0.25, 0.3) is 5.91 Å². The number of ether oxygens (including phenoxy) is 2. The molecule has 6 heteroatoms. The summed E-state index contributed by atoms with van der Waals surface area (Å²) in [4.78, 5) is 28.5. The third-order valence-electron chi connectivity index (χ3n) is 5.06. The molecule has 1 aromatic rings. The number of hydrogen-bond acceptors (Lipinski definition) is 4. The molecular weight excluding hydrogens is 308 g/mol. The van der Waals surface area contributed by atoms with Crippen LogP contribution in [0.25, 0.3) is 0 Å². The van der Waals surface area contributed by atoms with Gasteiger partial charge >= 0.3 is 0 Å². The first-order chi connectivity index (χ1) is 11.5. The molecule has 2 fully saturated rings. The van der Waals surface area contributed by atoms with Gasteiger partial charge in [-0.15, -0.1) is 0 Å². The first-order valence-electron chi connectivity index (χ1n) is 8.34.